The molecule has 0 unspecified atom stereocenters. The first kappa shape index (κ1) is 20.9. The van der Waals surface area contributed by atoms with E-state index in [-0.39, 0.29) is 4.90 Å². The molecule has 1 aliphatic heterocycles. The third-order valence-corrected chi connectivity index (χ3v) is 7.00. The lowest BCUT2D eigenvalue weighted by atomic mass is 10.1. The van der Waals surface area contributed by atoms with Gasteiger partial charge in [0.1, 0.15) is 0 Å². The lowest BCUT2D eigenvalue weighted by Crippen LogP contribution is -2.48. The second-order valence-corrected chi connectivity index (χ2v) is 9.78. The van der Waals surface area contributed by atoms with Gasteiger partial charge in [0.25, 0.3) is 0 Å². The number of hydrogen-bond donors (Lipinski definition) is 0. The van der Waals surface area contributed by atoms with Gasteiger partial charge in [-0.1, -0.05) is 12.1 Å². The summed E-state index contributed by atoms with van der Waals surface area (Å²) in [6, 6.07) is 11.3. The Labute approximate surface area is 168 Å². The van der Waals surface area contributed by atoms with Crippen molar-refractivity contribution in [1.29, 1.82) is 0 Å². The third-order valence-electron chi connectivity index (χ3n) is 5.17. The summed E-state index contributed by atoms with van der Waals surface area (Å²) in [6.07, 6.45) is 0. The van der Waals surface area contributed by atoms with Crippen LogP contribution in [-0.4, -0.2) is 79.0 Å². The highest BCUT2D eigenvalue weighted by Gasteiger charge is 2.19. The average Bonchev–Trinajstić information content (AvgIpc) is 2.69. The molecule has 0 bridgehead atoms. The molecule has 0 aliphatic carbocycles. The summed E-state index contributed by atoms with van der Waals surface area (Å²) in [5, 5.41) is 8.71. The average molecular weight is 404 g/mol. The van der Waals surface area contributed by atoms with Crippen molar-refractivity contribution in [2.24, 2.45) is 0 Å². The molecule has 0 radical (unpaired) electrons. The number of piperazine rings is 1. The quantitative estimate of drug-likeness (QED) is 0.734. The molecule has 1 fully saturated rings. The molecule has 3 rings (SSSR count). The van der Waals surface area contributed by atoms with E-state index in [2.05, 4.69) is 33.8 Å². The van der Waals surface area contributed by atoms with Crippen LogP contribution in [0.15, 0.2) is 41.3 Å². The van der Waals surface area contributed by atoms with E-state index in [9.17, 15) is 8.42 Å². The first-order valence-electron chi connectivity index (χ1n) is 9.59. The first-order chi connectivity index (χ1) is 13.3. The van der Waals surface area contributed by atoms with E-state index < -0.39 is 10.0 Å². The summed E-state index contributed by atoms with van der Waals surface area (Å²) in [6.45, 7) is 9.55. The van der Waals surface area contributed by atoms with E-state index in [0.29, 0.717) is 6.04 Å². The Bertz CT molecular complexity index is 872. The largest absolute Gasteiger partial charge is 0.298 e. The van der Waals surface area contributed by atoms with Gasteiger partial charge < -0.3 is 0 Å². The van der Waals surface area contributed by atoms with Gasteiger partial charge in [-0.2, -0.15) is 10.2 Å². The fourth-order valence-electron chi connectivity index (χ4n) is 3.27. The van der Waals surface area contributed by atoms with E-state index in [0.717, 1.165) is 49.7 Å². The number of hydrogen-bond acceptors (Lipinski definition) is 6. The molecule has 8 heteroatoms. The predicted molar refractivity (Wildman–Crippen MR) is 110 cm³/mol. The van der Waals surface area contributed by atoms with Crippen LogP contribution in [0.2, 0.25) is 0 Å². The van der Waals surface area contributed by atoms with Gasteiger partial charge in [-0.15, -0.1) is 0 Å². The van der Waals surface area contributed by atoms with Crippen molar-refractivity contribution in [3.05, 3.63) is 42.1 Å². The molecule has 1 saturated heterocycles. The Hall–Kier alpha value is -1.87. The Morgan fingerprint density at radius 2 is 1.61 bits per heavy atom. The summed E-state index contributed by atoms with van der Waals surface area (Å²) >= 11 is 0. The fraction of sp³-hybridized carbons (Fsp3) is 0.500. The number of sulfonamides is 1. The van der Waals surface area contributed by atoms with Crippen LogP contribution in [0.3, 0.4) is 0 Å². The van der Waals surface area contributed by atoms with Crippen molar-refractivity contribution in [2.45, 2.75) is 31.3 Å². The number of benzene rings is 1. The van der Waals surface area contributed by atoms with Crippen molar-refractivity contribution in [3.8, 4) is 11.3 Å². The summed E-state index contributed by atoms with van der Waals surface area (Å²) in [5.41, 5.74) is 2.54. The summed E-state index contributed by atoms with van der Waals surface area (Å²) in [5.74, 6) is 0. The molecule has 152 valence electrons. The van der Waals surface area contributed by atoms with Gasteiger partial charge in [0.05, 0.1) is 16.3 Å². The zero-order valence-electron chi connectivity index (χ0n) is 17.0. The molecule has 0 amide bonds. The van der Waals surface area contributed by atoms with E-state index in [1.54, 1.807) is 24.3 Å². The zero-order chi connectivity index (χ0) is 20.3. The molecule has 1 aromatic heterocycles. The monoisotopic (exact) mass is 403 g/mol. The van der Waals surface area contributed by atoms with Gasteiger partial charge in [0.2, 0.25) is 10.0 Å². The van der Waals surface area contributed by atoms with E-state index in [4.69, 9.17) is 0 Å². The molecular formula is C20H29N5O2S. The lowest BCUT2D eigenvalue weighted by Gasteiger charge is -2.36. The van der Waals surface area contributed by atoms with Gasteiger partial charge in [-0.25, -0.2) is 12.7 Å². The smallest absolute Gasteiger partial charge is 0.242 e. The van der Waals surface area contributed by atoms with Crippen LogP contribution in [0, 0.1) is 0 Å². The maximum absolute atomic E-state index is 12.2. The van der Waals surface area contributed by atoms with Crippen LogP contribution in [0.1, 0.15) is 19.5 Å². The predicted octanol–water partition coefficient (Wildman–Crippen LogP) is 1.92. The summed E-state index contributed by atoms with van der Waals surface area (Å²) in [7, 11) is -0.372. The second-order valence-electron chi connectivity index (χ2n) is 7.63. The Morgan fingerprint density at radius 3 is 2.11 bits per heavy atom. The topological polar surface area (TPSA) is 69.6 Å². The molecule has 0 atom stereocenters. The van der Waals surface area contributed by atoms with Crippen LogP contribution < -0.4 is 0 Å². The summed E-state index contributed by atoms with van der Waals surface area (Å²) < 4.78 is 25.5. The van der Waals surface area contributed by atoms with Crippen molar-refractivity contribution in [3.63, 3.8) is 0 Å². The van der Waals surface area contributed by atoms with Gasteiger partial charge >= 0.3 is 0 Å². The number of rotatable bonds is 6. The normalized spacial score (nSPS) is 16.8. The fourth-order valence-corrected chi connectivity index (χ4v) is 4.18. The zero-order valence-corrected chi connectivity index (χ0v) is 17.9. The van der Waals surface area contributed by atoms with E-state index in [1.807, 2.05) is 12.1 Å². The molecule has 28 heavy (non-hydrogen) atoms. The first-order valence-corrected chi connectivity index (χ1v) is 11.0. The highest BCUT2D eigenvalue weighted by atomic mass is 32.2. The number of aromatic nitrogens is 2. The van der Waals surface area contributed by atoms with Crippen LogP contribution in [-0.2, 0) is 16.6 Å². The third kappa shape index (κ3) is 4.75. The van der Waals surface area contributed by atoms with Crippen LogP contribution >= 0.6 is 0 Å². The highest BCUT2D eigenvalue weighted by molar-refractivity contribution is 7.89. The van der Waals surface area contributed by atoms with Gasteiger partial charge in [-0.05, 0) is 38.1 Å². The second kappa shape index (κ2) is 8.65. The minimum atomic E-state index is -3.42. The molecular weight excluding hydrogens is 374 g/mol. The SMILES string of the molecule is CC(C)N1CCN(Cc2ccc(-c3ccc(S(=O)(=O)N(C)C)cc3)nn2)CC1. The standard InChI is InChI=1S/C20H29N5O2S/c1-16(2)25-13-11-24(12-14-25)15-18-7-10-20(22-21-18)17-5-8-19(9-6-17)28(26,27)23(3)4/h5-10,16H,11-15H2,1-4H3. The minimum Gasteiger partial charge on any atom is -0.298 e. The van der Waals surface area contributed by atoms with E-state index in [1.165, 1.54) is 18.4 Å². The van der Waals surface area contributed by atoms with Crippen LogP contribution in [0.4, 0.5) is 0 Å². The molecule has 7 nitrogen and oxygen atoms in total. The minimum absolute atomic E-state index is 0.270. The van der Waals surface area contributed by atoms with Gasteiger partial charge in [0, 0.05) is 58.4 Å². The van der Waals surface area contributed by atoms with Crippen molar-refractivity contribution in [1.82, 2.24) is 24.3 Å². The highest BCUT2D eigenvalue weighted by Crippen LogP contribution is 2.21. The maximum Gasteiger partial charge on any atom is 0.242 e. The van der Waals surface area contributed by atoms with Crippen molar-refractivity contribution in [2.75, 3.05) is 40.3 Å². The van der Waals surface area contributed by atoms with E-state index >= 15 is 0 Å². The molecule has 2 heterocycles. The summed E-state index contributed by atoms with van der Waals surface area (Å²) in [4.78, 5) is 5.17. The van der Waals surface area contributed by atoms with Crippen molar-refractivity contribution >= 4 is 10.0 Å². The molecule has 1 aliphatic rings. The van der Waals surface area contributed by atoms with Gasteiger partial charge in [-0.3, -0.25) is 9.80 Å². The molecule has 0 N–H and O–H groups in total. The molecule has 0 saturated carbocycles. The Kier molecular flexibility index (Phi) is 6.44. The van der Waals surface area contributed by atoms with Gasteiger partial charge in [0.15, 0.2) is 0 Å². The lowest BCUT2D eigenvalue weighted by molar-refractivity contribution is 0.103. The maximum atomic E-state index is 12.2. The van der Waals surface area contributed by atoms with Crippen LogP contribution in [0.5, 0.6) is 0 Å². The molecule has 0 spiro atoms. The Balaban J connectivity index is 1.63. The Morgan fingerprint density at radius 1 is 0.964 bits per heavy atom. The van der Waals surface area contributed by atoms with Crippen molar-refractivity contribution < 1.29 is 8.42 Å². The molecule has 1 aromatic carbocycles. The number of nitrogens with zero attached hydrogens (tertiary/aromatic N) is 5. The van der Waals surface area contributed by atoms with Crippen LogP contribution in [0.25, 0.3) is 11.3 Å². The molecule has 2 aromatic rings.